The van der Waals surface area contributed by atoms with Crippen molar-refractivity contribution in [3.8, 4) is 17.2 Å². The van der Waals surface area contributed by atoms with Gasteiger partial charge in [0.25, 0.3) is 5.91 Å². The number of urea groups is 1. The summed E-state index contributed by atoms with van der Waals surface area (Å²) in [6.07, 6.45) is 0. The summed E-state index contributed by atoms with van der Waals surface area (Å²) in [6.45, 7) is 2.24. The molecular weight excluding hydrogens is 334 g/mol. The lowest BCUT2D eigenvalue weighted by atomic mass is 10.2. The number of nitrogens with zero attached hydrogens (tertiary/aromatic N) is 1. The zero-order valence-electron chi connectivity index (χ0n) is 14.5. The highest BCUT2D eigenvalue weighted by Crippen LogP contribution is 2.24. The van der Waals surface area contributed by atoms with Crippen LogP contribution >= 0.6 is 0 Å². The van der Waals surface area contributed by atoms with Crippen LogP contribution in [0.15, 0.2) is 48.5 Å². The largest absolute Gasteiger partial charge is 0.497 e. The van der Waals surface area contributed by atoms with E-state index in [0.717, 1.165) is 5.75 Å². The zero-order chi connectivity index (χ0) is 18.4. The molecule has 1 heterocycles. The summed E-state index contributed by atoms with van der Waals surface area (Å²) in [5.74, 6) is 1.91. The lowest BCUT2D eigenvalue weighted by molar-refractivity contribution is 0.0950. The van der Waals surface area contributed by atoms with Crippen LogP contribution in [0.5, 0.6) is 17.2 Å². The lowest BCUT2D eigenvalue weighted by Gasteiger charge is -2.14. The van der Waals surface area contributed by atoms with E-state index in [1.165, 1.54) is 0 Å². The molecule has 0 saturated carbocycles. The van der Waals surface area contributed by atoms with Crippen molar-refractivity contribution in [1.29, 1.82) is 0 Å². The number of carbonyl (C=O) groups is 2. The summed E-state index contributed by atoms with van der Waals surface area (Å²) >= 11 is 0. The predicted octanol–water partition coefficient (Wildman–Crippen LogP) is 2.24. The van der Waals surface area contributed by atoms with Gasteiger partial charge in [-0.3, -0.25) is 4.79 Å². The van der Waals surface area contributed by atoms with E-state index in [0.29, 0.717) is 43.2 Å². The molecule has 2 N–H and O–H groups in total. The van der Waals surface area contributed by atoms with Gasteiger partial charge in [0.05, 0.1) is 7.11 Å². The van der Waals surface area contributed by atoms with Gasteiger partial charge in [0.15, 0.2) is 0 Å². The minimum absolute atomic E-state index is 0.0840. The molecule has 1 aliphatic heterocycles. The molecule has 2 aromatic rings. The molecule has 7 heteroatoms. The first-order valence-corrected chi connectivity index (χ1v) is 8.38. The second kappa shape index (κ2) is 8.24. The zero-order valence-corrected chi connectivity index (χ0v) is 14.5. The van der Waals surface area contributed by atoms with Crippen LogP contribution in [0.25, 0.3) is 0 Å². The topological polar surface area (TPSA) is 79.9 Å². The standard InChI is InChI=1S/C19H21N3O4/c1-25-15-6-8-17(9-7-15)26-16-4-2-14(3-5-16)18(23)20-10-12-22-13-11-21-19(22)24/h2-9H,10-13H2,1H3,(H,20,23)(H,21,24). The molecule has 0 aliphatic carbocycles. The third-order valence-electron chi connectivity index (χ3n) is 4.02. The average molecular weight is 355 g/mol. The summed E-state index contributed by atoms with van der Waals surface area (Å²) in [4.78, 5) is 25.3. The van der Waals surface area contributed by atoms with Gasteiger partial charge in [-0.1, -0.05) is 0 Å². The van der Waals surface area contributed by atoms with E-state index in [1.54, 1.807) is 36.3 Å². The Morgan fingerprint density at radius 1 is 1.08 bits per heavy atom. The normalized spacial score (nSPS) is 13.3. The highest BCUT2D eigenvalue weighted by atomic mass is 16.5. The Balaban J connectivity index is 1.49. The van der Waals surface area contributed by atoms with Gasteiger partial charge in [-0.25, -0.2) is 4.79 Å². The Kier molecular flexibility index (Phi) is 5.58. The summed E-state index contributed by atoms with van der Waals surface area (Å²) in [5.41, 5.74) is 0.540. The van der Waals surface area contributed by atoms with Crippen LogP contribution in [-0.4, -0.2) is 50.1 Å². The molecule has 136 valence electrons. The Hall–Kier alpha value is -3.22. The van der Waals surface area contributed by atoms with Crippen LogP contribution in [-0.2, 0) is 0 Å². The van der Waals surface area contributed by atoms with Crippen LogP contribution in [0, 0.1) is 0 Å². The minimum atomic E-state index is -0.180. The third-order valence-corrected chi connectivity index (χ3v) is 4.02. The number of amides is 3. The molecule has 1 saturated heterocycles. The maximum absolute atomic E-state index is 12.2. The average Bonchev–Trinajstić information content (AvgIpc) is 3.08. The first-order valence-electron chi connectivity index (χ1n) is 8.38. The molecule has 0 unspecified atom stereocenters. The summed E-state index contributed by atoms with van der Waals surface area (Å²) in [5, 5.41) is 5.54. The Morgan fingerprint density at radius 3 is 2.27 bits per heavy atom. The fourth-order valence-corrected chi connectivity index (χ4v) is 2.59. The van der Waals surface area contributed by atoms with Crippen molar-refractivity contribution in [2.75, 3.05) is 33.3 Å². The van der Waals surface area contributed by atoms with Crippen molar-refractivity contribution >= 4 is 11.9 Å². The molecule has 0 bridgehead atoms. The number of rotatable bonds is 7. The summed E-state index contributed by atoms with van der Waals surface area (Å²) < 4.78 is 10.8. The number of nitrogens with one attached hydrogen (secondary N) is 2. The van der Waals surface area contributed by atoms with E-state index < -0.39 is 0 Å². The Bertz CT molecular complexity index is 759. The van der Waals surface area contributed by atoms with Gasteiger partial charge < -0.3 is 25.0 Å². The highest BCUT2D eigenvalue weighted by molar-refractivity contribution is 5.94. The van der Waals surface area contributed by atoms with Crippen molar-refractivity contribution in [1.82, 2.24) is 15.5 Å². The highest BCUT2D eigenvalue weighted by Gasteiger charge is 2.18. The van der Waals surface area contributed by atoms with Gasteiger partial charge in [-0.15, -0.1) is 0 Å². The molecule has 3 amide bonds. The summed E-state index contributed by atoms with van der Waals surface area (Å²) in [7, 11) is 1.61. The molecule has 26 heavy (non-hydrogen) atoms. The number of methoxy groups -OCH3 is 1. The third kappa shape index (κ3) is 4.44. The predicted molar refractivity (Wildman–Crippen MR) is 96.8 cm³/mol. The van der Waals surface area contributed by atoms with Crippen LogP contribution < -0.4 is 20.1 Å². The van der Waals surface area contributed by atoms with E-state index in [4.69, 9.17) is 9.47 Å². The van der Waals surface area contributed by atoms with E-state index in [2.05, 4.69) is 10.6 Å². The van der Waals surface area contributed by atoms with Gasteiger partial charge in [-0.05, 0) is 48.5 Å². The fraction of sp³-hybridized carbons (Fsp3) is 0.263. The Morgan fingerprint density at radius 2 is 1.69 bits per heavy atom. The van der Waals surface area contributed by atoms with Crippen molar-refractivity contribution in [3.63, 3.8) is 0 Å². The number of benzene rings is 2. The maximum Gasteiger partial charge on any atom is 0.317 e. The number of ether oxygens (including phenoxy) is 2. The molecule has 1 aliphatic rings. The monoisotopic (exact) mass is 355 g/mol. The van der Waals surface area contributed by atoms with Gasteiger partial charge in [0.2, 0.25) is 0 Å². The number of hydrogen-bond donors (Lipinski definition) is 2. The lowest BCUT2D eigenvalue weighted by Crippen LogP contribution is -2.36. The molecule has 3 rings (SSSR count). The van der Waals surface area contributed by atoms with Crippen LogP contribution in [0.4, 0.5) is 4.79 Å². The second-order valence-corrected chi connectivity index (χ2v) is 5.78. The first kappa shape index (κ1) is 17.6. The molecule has 0 aromatic heterocycles. The van der Waals surface area contributed by atoms with E-state index in [1.807, 2.05) is 24.3 Å². The van der Waals surface area contributed by atoms with Crippen molar-refractivity contribution < 1.29 is 19.1 Å². The maximum atomic E-state index is 12.2. The van der Waals surface area contributed by atoms with E-state index >= 15 is 0 Å². The Labute approximate surface area is 151 Å². The van der Waals surface area contributed by atoms with Crippen LogP contribution in [0.1, 0.15) is 10.4 Å². The smallest absolute Gasteiger partial charge is 0.317 e. The first-order chi connectivity index (χ1) is 12.7. The van der Waals surface area contributed by atoms with Crippen molar-refractivity contribution in [3.05, 3.63) is 54.1 Å². The molecule has 7 nitrogen and oxygen atoms in total. The molecular formula is C19H21N3O4. The van der Waals surface area contributed by atoms with Crippen molar-refractivity contribution in [2.45, 2.75) is 0 Å². The van der Waals surface area contributed by atoms with Crippen LogP contribution in [0.2, 0.25) is 0 Å². The van der Waals surface area contributed by atoms with Crippen LogP contribution in [0.3, 0.4) is 0 Å². The quantitative estimate of drug-likeness (QED) is 0.798. The van der Waals surface area contributed by atoms with Gasteiger partial charge >= 0.3 is 6.03 Å². The van der Waals surface area contributed by atoms with Gasteiger partial charge in [0.1, 0.15) is 17.2 Å². The molecule has 2 aromatic carbocycles. The minimum Gasteiger partial charge on any atom is -0.497 e. The van der Waals surface area contributed by atoms with E-state index in [9.17, 15) is 9.59 Å². The second-order valence-electron chi connectivity index (χ2n) is 5.78. The molecule has 0 radical (unpaired) electrons. The fourth-order valence-electron chi connectivity index (χ4n) is 2.59. The number of hydrogen-bond acceptors (Lipinski definition) is 4. The number of carbonyl (C=O) groups excluding carboxylic acids is 2. The molecule has 0 atom stereocenters. The molecule has 0 spiro atoms. The van der Waals surface area contributed by atoms with Gasteiger partial charge in [0, 0.05) is 31.7 Å². The SMILES string of the molecule is COc1ccc(Oc2ccc(C(=O)NCCN3CCNC3=O)cc2)cc1. The van der Waals surface area contributed by atoms with E-state index in [-0.39, 0.29) is 11.9 Å². The molecule has 1 fully saturated rings. The van der Waals surface area contributed by atoms with Gasteiger partial charge in [-0.2, -0.15) is 0 Å². The van der Waals surface area contributed by atoms with Crippen molar-refractivity contribution in [2.24, 2.45) is 0 Å². The summed E-state index contributed by atoms with van der Waals surface area (Å²) in [6, 6.07) is 14.1.